The molecule has 2 aliphatic heterocycles. The van der Waals surface area contributed by atoms with Crippen LogP contribution in [0.25, 0.3) is 0 Å². The molecular formula is C23H32N4O3S. The lowest BCUT2D eigenvalue weighted by molar-refractivity contribution is -0.137. The van der Waals surface area contributed by atoms with E-state index in [1.165, 1.54) is 5.56 Å². The molecule has 0 spiro atoms. The fourth-order valence-corrected chi connectivity index (χ4v) is 6.92. The summed E-state index contributed by atoms with van der Waals surface area (Å²) in [5.41, 5.74) is 1.87. The van der Waals surface area contributed by atoms with Crippen LogP contribution < -0.4 is 0 Å². The zero-order chi connectivity index (χ0) is 21.8. The Morgan fingerprint density at radius 3 is 2.23 bits per heavy atom. The van der Waals surface area contributed by atoms with Gasteiger partial charge in [0.05, 0.1) is 29.7 Å². The molecule has 0 aromatic heterocycles. The van der Waals surface area contributed by atoms with E-state index < -0.39 is 9.84 Å². The standard InChI is InChI=1S/C23H32N4O3S/c24-15-19-5-7-20(8-6-19)16-25-10-12-26(13-11-25)17-23(28)27(21-3-1-2-4-21)22-9-14-31(29,30)18-22/h5-8,21-22H,1-4,9-14,16-18H2/t22-/m1/s1. The monoisotopic (exact) mass is 444 g/mol. The molecule has 31 heavy (non-hydrogen) atoms. The quantitative estimate of drug-likeness (QED) is 0.663. The van der Waals surface area contributed by atoms with Gasteiger partial charge in [0.2, 0.25) is 5.91 Å². The summed E-state index contributed by atoms with van der Waals surface area (Å²) in [6.45, 7) is 4.70. The largest absolute Gasteiger partial charge is 0.335 e. The fourth-order valence-electron chi connectivity index (χ4n) is 5.20. The van der Waals surface area contributed by atoms with Gasteiger partial charge in [-0.2, -0.15) is 5.26 Å². The topological polar surface area (TPSA) is 84.7 Å². The maximum absolute atomic E-state index is 13.3. The first-order valence-corrected chi connectivity index (χ1v) is 13.2. The minimum Gasteiger partial charge on any atom is -0.335 e. The number of piperazine rings is 1. The van der Waals surface area contributed by atoms with E-state index in [0.717, 1.165) is 58.4 Å². The second-order valence-electron chi connectivity index (χ2n) is 9.16. The van der Waals surface area contributed by atoms with E-state index in [-0.39, 0.29) is 29.5 Å². The Bertz CT molecular complexity index is 911. The highest BCUT2D eigenvalue weighted by molar-refractivity contribution is 7.91. The van der Waals surface area contributed by atoms with Gasteiger partial charge in [-0.3, -0.25) is 14.6 Å². The SMILES string of the molecule is N#Cc1ccc(CN2CCN(CC(=O)N(C3CCCC3)[C@@H]3CCS(=O)(=O)C3)CC2)cc1. The van der Waals surface area contributed by atoms with Gasteiger partial charge in [0.15, 0.2) is 9.84 Å². The summed E-state index contributed by atoms with van der Waals surface area (Å²) < 4.78 is 24.1. The average Bonchev–Trinajstić information content (AvgIpc) is 3.40. The molecular weight excluding hydrogens is 412 g/mol. The Morgan fingerprint density at radius 2 is 1.65 bits per heavy atom. The number of sulfone groups is 1. The summed E-state index contributed by atoms with van der Waals surface area (Å²) in [6, 6.07) is 9.93. The van der Waals surface area contributed by atoms with Crippen LogP contribution in [0.4, 0.5) is 0 Å². The smallest absolute Gasteiger partial charge is 0.237 e. The van der Waals surface area contributed by atoms with Crippen molar-refractivity contribution in [2.75, 3.05) is 44.2 Å². The van der Waals surface area contributed by atoms with Crippen LogP contribution in [0.1, 0.15) is 43.2 Å². The Labute approximate surface area is 185 Å². The Morgan fingerprint density at radius 1 is 1.00 bits per heavy atom. The van der Waals surface area contributed by atoms with Crippen molar-refractivity contribution in [3.63, 3.8) is 0 Å². The highest BCUT2D eigenvalue weighted by Gasteiger charge is 2.39. The highest BCUT2D eigenvalue weighted by atomic mass is 32.2. The van der Waals surface area contributed by atoms with E-state index in [1.54, 1.807) is 0 Å². The van der Waals surface area contributed by atoms with Crippen molar-refractivity contribution in [1.82, 2.24) is 14.7 Å². The number of hydrogen-bond donors (Lipinski definition) is 0. The first kappa shape index (κ1) is 22.3. The molecule has 0 radical (unpaired) electrons. The van der Waals surface area contributed by atoms with E-state index in [4.69, 9.17) is 5.26 Å². The molecule has 1 atom stereocenters. The van der Waals surface area contributed by atoms with Crippen molar-refractivity contribution in [2.24, 2.45) is 0 Å². The van der Waals surface area contributed by atoms with Crippen molar-refractivity contribution in [1.29, 1.82) is 5.26 Å². The van der Waals surface area contributed by atoms with Crippen molar-refractivity contribution in [2.45, 2.75) is 50.7 Å². The maximum atomic E-state index is 13.3. The molecule has 7 nitrogen and oxygen atoms in total. The van der Waals surface area contributed by atoms with Gasteiger partial charge in [-0.25, -0.2) is 8.42 Å². The van der Waals surface area contributed by atoms with Gasteiger partial charge in [0, 0.05) is 44.8 Å². The summed E-state index contributed by atoms with van der Waals surface area (Å²) in [5.74, 6) is 0.449. The molecule has 1 aromatic rings. The number of hydrogen-bond acceptors (Lipinski definition) is 6. The molecule has 4 rings (SSSR count). The van der Waals surface area contributed by atoms with Crippen LogP contribution in [0.3, 0.4) is 0 Å². The van der Waals surface area contributed by atoms with Gasteiger partial charge in [0.1, 0.15) is 0 Å². The molecule has 1 aliphatic carbocycles. The molecule has 1 saturated carbocycles. The summed E-state index contributed by atoms with van der Waals surface area (Å²) in [6.07, 6.45) is 4.84. The van der Waals surface area contributed by atoms with Crippen LogP contribution in [-0.4, -0.2) is 85.3 Å². The summed E-state index contributed by atoms with van der Waals surface area (Å²) >= 11 is 0. The Kier molecular flexibility index (Phi) is 6.95. The minimum absolute atomic E-state index is 0.106. The maximum Gasteiger partial charge on any atom is 0.237 e. The number of carbonyl (C=O) groups is 1. The van der Waals surface area contributed by atoms with Crippen LogP contribution in [0.15, 0.2) is 24.3 Å². The van der Waals surface area contributed by atoms with E-state index in [2.05, 4.69) is 15.9 Å². The zero-order valence-corrected chi connectivity index (χ0v) is 18.9. The first-order chi connectivity index (χ1) is 14.9. The molecule has 3 aliphatic rings. The van der Waals surface area contributed by atoms with Crippen molar-refractivity contribution in [3.05, 3.63) is 35.4 Å². The second kappa shape index (κ2) is 9.68. The summed E-state index contributed by atoms with van der Waals surface area (Å²) in [4.78, 5) is 19.8. The van der Waals surface area contributed by atoms with Crippen LogP contribution in [0.5, 0.6) is 0 Å². The van der Waals surface area contributed by atoms with Gasteiger partial charge in [-0.05, 0) is 37.0 Å². The van der Waals surface area contributed by atoms with Gasteiger partial charge >= 0.3 is 0 Å². The van der Waals surface area contributed by atoms with Gasteiger partial charge in [0.25, 0.3) is 0 Å². The predicted octanol–water partition coefficient (Wildman–Crippen LogP) is 1.63. The van der Waals surface area contributed by atoms with Gasteiger partial charge in [-0.1, -0.05) is 25.0 Å². The average molecular weight is 445 g/mol. The van der Waals surface area contributed by atoms with Crippen LogP contribution >= 0.6 is 0 Å². The van der Waals surface area contributed by atoms with Crippen molar-refractivity contribution < 1.29 is 13.2 Å². The lowest BCUT2D eigenvalue weighted by Gasteiger charge is -2.38. The van der Waals surface area contributed by atoms with E-state index >= 15 is 0 Å². The normalized spacial score (nSPS) is 24.8. The number of amides is 1. The highest BCUT2D eigenvalue weighted by Crippen LogP contribution is 2.29. The van der Waals surface area contributed by atoms with Crippen LogP contribution in [0, 0.1) is 11.3 Å². The molecule has 2 heterocycles. The second-order valence-corrected chi connectivity index (χ2v) is 11.4. The molecule has 1 aromatic carbocycles. The third-order valence-corrected chi connectivity index (χ3v) is 8.67. The molecule has 168 valence electrons. The zero-order valence-electron chi connectivity index (χ0n) is 18.1. The number of carbonyl (C=O) groups excluding carboxylic acids is 1. The number of nitrogens with zero attached hydrogens (tertiary/aromatic N) is 4. The van der Waals surface area contributed by atoms with E-state index in [9.17, 15) is 13.2 Å². The summed E-state index contributed by atoms with van der Waals surface area (Å²) in [7, 11) is -3.01. The lowest BCUT2D eigenvalue weighted by Crippen LogP contribution is -2.53. The predicted molar refractivity (Wildman–Crippen MR) is 119 cm³/mol. The van der Waals surface area contributed by atoms with E-state index in [0.29, 0.717) is 18.5 Å². The molecule has 3 fully saturated rings. The van der Waals surface area contributed by atoms with E-state index in [1.807, 2.05) is 29.2 Å². The van der Waals surface area contributed by atoms with Gasteiger partial charge in [-0.15, -0.1) is 0 Å². The van der Waals surface area contributed by atoms with Gasteiger partial charge < -0.3 is 4.90 Å². The number of nitriles is 1. The Hall–Kier alpha value is -1.95. The fraction of sp³-hybridized carbons (Fsp3) is 0.652. The van der Waals surface area contributed by atoms with Crippen LogP contribution in [-0.2, 0) is 21.2 Å². The molecule has 1 amide bonds. The Balaban J connectivity index is 1.31. The van der Waals surface area contributed by atoms with Crippen molar-refractivity contribution in [3.8, 4) is 6.07 Å². The number of benzene rings is 1. The third kappa shape index (κ3) is 5.65. The molecule has 0 bridgehead atoms. The first-order valence-electron chi connectivity index (χ1n) is 11.4. The molecule has 0 unspecified atom stereocenters. The minimum atomic E-state index is -3.01. The van der Waals surface area contributed by atoms with Crippen LogP contribution in [0.2, 0.25) is 0 Å². The third-order valence-electron chi connectivity index (χ3n) is 6.92. The lowest BCUT2D eigenvalue weighted by atomic mass is 10.1. The number of rotatable bonds is 6. The molecule has 2 saturated heterocycles. The summed E-state index contributed by atoms with van der Waals surface area (Å²) in [5, 5.41) is 8.93. The van der Waals surface area contributed by atoms with Crippen molar-refractivity contribution >= 4 is 15.7 Å². The molecule has 8 heteroatoms. The molecule has 0 N–H and O–H groups in total.